The van der Waals surface area contributed by atoms with Crippen LogP contribution in [0.15, 0.2) is 4.99 Å². The maximum atomic E-state index is 13.4. The largest absolute Gasteiger partial charge is 0.390 e. The highest BCUT2D eigenvalue weighted by atomic mass is 35.5. The number of aliphatic hydroxyl groups excluding tert-OH is 2. The van der Waals surface area contributed by atoms with E-state index in [1.807, 2.05) is 7.11 Å². The van der Waals surface area contributed by atoms with E-state index in [1.165, 1.54) is 5.71 Å². The molecule has 0 radical (unpaired) electrons. The van der Waals surface area contributed by atoms with Crippen molar-refractivity contribution >= 4 is 23.2 Å². The van der Waals surface area contributed by atoms with E-state index in [0.717, 1.165) is 64.3 Å². The molecule has 3 aliphatic heterocycles. The number of hydrogen-bond donors (Lipinski definition) is 6. The van der Waals surface area contributed by atoms with Gasteiger partial charge in [-0.15, -0.1) is 11.6 Å². The molecule has 2 saturated heterocycles. The molecule has 11 heteroatoms. The zero-order chi connectivity index (χ0) is 29.4. The molecule has 3 aliphatic carbocycles. The second-order valence-electron chi connectivity index (χ2n) is 14.1. The molecule has 10 unspecified atom stereocenters. The Balaban J connectivity index is 1.11. The molecule has 6 N–H and O–H groups in total. The van der Waals surface area contributed by atoms with Gasteiger partial charge in [0.1, 0.15) is 0 Å². The molecule has 11 atom stereocenters. The number of hydrogen-bond acceptors (Lipinski definition) is 9. The zero-order valence-electron chi connectivity index (χ0n) is 25.4. The van der Waals surface area contributed by atoms with E-state index in [9.17, 15) is 15.0 Å². The normalized spacial score (nSPS) is 46.1. The summed E-state index contributed by atoms with van der Waals surface area (Å²) in [6.07, 6.45) is 10.1. The van der Waals surface area contributed by atoms with Gasteiger partial charge in [-0.05, 0) is 102 Å². The monoisotopic (exact) mass is 608 g/mol. The first kappa shape index (κ1) is 31.1. The first-order chi connectivity index (χ1) is 20.3. The summed E-state index contributed by atoms with van der Waals surface area (Å²) in [6, 6.07) is 0.503. The molecule has 238 valence electrons. The standard InChI is InChI=1S/C31H53ClN6O4/c1-17-36-37-31-25(15-29(41)33-10-9-18-11-20-12-27(39)28(40)14-24(20)34-16-18)35-30(19-3-5-21(32)6-4-19)23-13-22(42-2)7-8-26(23)38(17)31/h17-28,31,34,36-37,39-40H,3-16H2,1-2H3,(H,33,41)/t17?,18?,19?,20?,21?,22?,23?,24?,25-,26?,27?,28?,31?/m0/s1. The Bertz CT molecular complexity index is 966. The van der Waals surface area contributed by atoms with Gasteiger partial charge in [-0.3, -0.25) is 14.7 Å². The van der Waals surface area contributed by atoms with E-state index in [2.05, 4.69) is 33.3 Å². The van der Waals surface area contributed by atoms with Gasteiger partial charge in [-0.2, -0.15) is 0 Å². The molecule has 6 rings (SSSR count). The number of nitrogens with zero attached hydrogens (tertiary/aromatic N) is 2. The smallest absolute Gasteiger partial charge is 0.222 e. The number of piperidine rings is 1. The minimum Gasteiger partial charge on any atom is -0.390 e. The lowest BCUT2D eigenvalue weighted by Gasteiger charge is -2.44. The second kappa shape index (κ2) is 13.6. The van der Waals surface area contributed by atoms with E-state index in [1.54, 1.807) is 0 Å². The van der Waals surface area contributed by atoms with Crippen LogP contribution in [0.4, 0.5) is 0 Å². The predicted molar refractivity (Wildman–Crippen MR) is 163 cm³/mol. The maximum Gasteiger partial charge on any atom is 0.222 e. The lowest BCUT2D eigenvalue weighted by Crippen LogP contribution is -2.55. The summed E-state index contributed by atoms with van der Waals surface area (Å²) in [5, 5.41) is 27.2. The van der Waals surface area contributed by atoms with Crippen LogP contribution in [0.3, 0.4) is 0 Å². The summed E-state index contributed by atoms with van der Waals surface area (Å²) in [4.78, 5) is 21.5. The Labute approximate surface area is 256 Å². The number of alkyl halides is 1. The van der Waals surface area contributed by atoms with Crippen molar-refractivity contribution in [1.82, 2.24) is 26.4 Å². The number of methoxy groups -OCH3 is 1. The summed E-state index contributed by atoms with van der Waals surface area (Å²) in [5.41, 5.74) is 8.29. The fourth-order valence-corrected chi connectivity index (χ4v) is 9.39. The molecule has 3 heterocycles. The number of carbonyl (C=O) groups excluding carboxylic acids is 1. The highest BCUT2D eigenvalue weighted by Crippen LogP contribution is 2.42. The third-order valence-corrected chi connectivity index (χ3v) is 11.9. The number of nitrogens with one attached hydrogen (secondary N) is 4. The van der Waals surface area contributed by atoms with Crippen LogP contribution in [0.25, 0.3) is 0 Å². The van der Waals surface area contributed by atoms with E-state index in [4.69, 9.17) is 21.3 Å². The Morgan fingerprint density at radius 3 is 2.64 bits per heavy atom. The highest BCUT2D eigenvalue weighted by molar-refractivity contribution is 6.20. The van der Waals surface area contributed by atoms with Gasteiger partial charge in [0.2, 0.25) is 5.91 Å². The van der Waals surface area contributed by atoms with Crippen LogP contribution >= 0.6 is 11.6 Å². The second-order valence-corrected chi connectivity index (χ2v) is 14.7. The van der Waals surface area contributed by atoms with Crippen molar-refractivity contribution < 1.29 is 19.7 Å². The minimum absolute atomic E-state index is 0.0215. The summed E-state index contributed by atoms with van der Waals surface area (Å²) in [5.74, 6) is 1.68. The Kier molecular flexibility index (Phi) is 10.1. The number of rotatable bonds is 7. The lowest BCUT2D eigenvalue weighted by atomic mass is 9.72. The number of halogens is 1. The molecular formula is C31H53ClN6O4. The van der Waals surface area contributed by atoms with Gasteiger partial charge < -0.3 is 25.6 Å². The molecule has 6 aliphatic rings. The van der Waals surface area contributed by atoms with Gasteiger partial charge in [0, 0.05) is 42.7 Å². The van der Waals surface area contributed by atoms with Crippen molar-refractivity contribution in [1.29, 1.82) is 0 Å². The molecule has 0 spiro atoms. The third kappa shape index (κ3) is 6.71. The van der Waals surface area contributed by atoms with Crippen LogP contribution in [0.1, 0.15) is 84.0 Å². The first-order valence-electron chi connectivity index (χ1n) is 16.7. The summed E-state index contributed by atoms with van der Waals surface area (Å²) < 4.78 is 5.88. The van der Waals surface area contributed by atoms with Gasteiger partial charge in [-0.1, -0.05) is 0 Å². The van der Waals surface area contributed by atoms with Crippen LogP contribution in [-0.4, -0.2) is 101 Å². The number of fused-ring (bicyclic) bond motifs is 4. The molecule has 5 fully saturated rings. The van der Waals surface area contributed by atoms with Crippen molar-refractivity contribution in [2.75, 3.05) is 20.2 Å². The van der Waals surface area contributed by atoms with Crippen molar-refractivity contribution in [3.05, 3.63) is 0 Å². The fourth-order valence-electron chi connectivity index (χ4n) is 9.14. The molecule has 0 aromatic rings. The molecule has 0 aromatic heterocycles. The minimum atomic E-state index is -0.620. The molecule has 3 saturated carbocycles. The topological polar surface area (TPSA) is 130 Å². The molecule has 0 bridgehead atoms. The number of aliphatic imine (C=N–C) groups is 1. The lowest BCUT2D eigenvalue weighted by molar-refractivity contribution is -0.121. The van der Waals surface area contributed by atoms with E-state index in [0.29, 0.717) is 55.5 Å². The number of hydrazine groups is 1. The highest BCUT2D eigenvalue weighted by Gasteiger charge is 2.50. The Hall–Kier alpha value is -0.850. The third-order valence-electron chi connectivity index (χ3n) is 11.5. The van der Waals surface area contributed by atoms with Crippen molar-refractivity contribution in [2.24, 2.45) is 28.7 Å². The fraction of sp³-hybridized carbons (Fsp3) is 0.935. The van der Waals surface area contributed by atoms with Crippen LogP contribution in [0.2, 0.25) is 0 Å². The van der Waals surface area contributed by atoms with Crippen LogP contribution in [0.5, 0.6) is 0 Å². The molecular weight excluding hydrogens is 556 g/mol. The number of ether oxygens (including phenoxy) is 1. The van der Waals surface area contributed by atoms with Crippen molar-refractivity contribution in [3.63, 3.8) is 0 Å². The number of amides is 1. The van der Waals surface area contributed by atoms with Gasteiger partial charge in [0.15, 0.2) is 0 Å². The number of carbonyl (C=O) groups is 1. The average Bonchev–Trinajstić information content (AvgIpc) is 3.30. The Morgan fingerprint density at radius 1 is 1.07 bits per heavy atom. The summed E-state index contributed by atoms with van der Waals surface area (Å²) >= 11 is 6.52. The van der Waals surface area contributed by atoms with Gasteiger partial charge in [-0.25, -0.2) is 10.9 Å². The van der Waals surface area contributed by atoms with E-state index < -0.39 is 12.2 Å². The average molecular weight is 609 g/mol. The zero-order valence-corrected chi connectivity index (χ0v) is 26.1. The van der Waals surface area contributed by atoms with Gasteiger partial charge in [0.25, 0.3) is 0 Å². The SMILES string of the molecule is COC1CCC2C(C1)C(C1CCC(Cl)CC1)=N[C@@H](CC(=O)NCCC1CNC3CC(O)C(O)CC3C1)C1NNC(C)N21. The summed E-state index contributed by atoms with van der Waals surface area (Å²) in [6.45, 7) is 3.76. The van der Waals surface area contributed by atoms with Gasteiger partial charge >= 0.3 is 0 Å². The van der Waals surface area contributed by atoms with Crippen molar-refractivity contribution in [3.8, 4) is 0 Å². The Morgan fingerprint density at radius 2 is 1.86 bits per heavy atom. The van der Waals surface area contributed by atoms with E-state index >= 15 is 0 Å². The van der Waals surface area contributed by atoms with Crippen LogP contribution < -0.4 is 21.5 Å². The molecule has 0 aromatic carbocycles. The molecule has 1 amide bonds. The predicted octanol–water partition coefficient (Wildman–Crippen LogP) is 1.88. The quantitative estimate of drug-likeness (QED) is 0.242. The van der Waals surface area contributed by atoms with E-state index in [-0.39, 0.29) is 41.8 Å². The maximum absolute atomic E-state index is 13.4. The molecule has 42 heavy (non-hydrogen) atoms. The van der Waals surface area contributed by atoms with Crippen molar-refractivity contribution in [2.45, 2.75) is 138 Å². The number of aliphatic hydroxyl groups is 2. The van der Waals surface area contributed by atoms with Gasteiger partial charge in [0.05, 0.1) is 43.1 Å². The van der Waals surface area contributed by atoms with Crippen LogP contribution in [-0.2, 0) is 9.53 Å². The first-order valence-corrected chi connectivity index (χ1v) is 17.1. The summed E-state index contributed by atoms with van der Waals surface area (Å²) in [7, 11) is 1.83. The van der Waals surface area contributed by atoms with Crippen LogP contribution in [0, 0.1) is 23.7 Å². The molecule has 10 nitrogen and oxygen atoms in total.